The molecule has 0 aliphatic heterocycles. The Balaban J connectivity index is 3.06. The van der Waals surface area contributed by atoms with E-state index >= 15 is 0 Å². The molecule has 0 aromatic heterocycles. The first-order valence-electron chi connectivity index (χ1n) is 7.93. The molecule has 0 heterocycles. The second-order valence-corrected chi connectivity index (χ2v) is 5.30. The van der Waals surface area contributed by atoms with E-state index in [1.807, 2.05) is 6.08 Å². The van der Waals surface area contributed by atoms with Crippen LogP contribution in [0.2, 0.25) is 0 Å². The van der Waals surface area contributed by atoms with Gasteiger partial charge in [-0.3, -0.25) is 4.79 Å². The van der Waals surface area contributed by atoms with Gasteiger partial charge in [0.25, 0.3) is 0 Å². The maximum Gasteiger partial charge on any atom is 0.133 e. The zero-order chi connectivity index (χ0) is 13.5. The molecule has 0 radical (unpaired) electrons. The monoisotopic (exact) mass is 252 g/mol. The zero-order valence-corrected chi connectivity index (χ0v) is 12.4. The normalized spacial score (nSPS) is 10.5. The van der Waals surface area contributed by atoms with Crippen molar-refractivity contribution in [2.24, 2.45) is 0 Å². The predicted molar refractivity (Wildman–Crippen MR) is 80.9 cm³/mol. The minimum atomic E-state index is 0.412. The SMILES string of the molecule is C=CCCC(=O)CCCCCCCCCCCC. The third kappa shape index (κ3) is 13.5. The molecule has 0 spiro atoms. The van der Waals surface area contributed by atoms with Crippen LogP contribution in [0.4, 0.5) is 0 Å². The number of carbonyl (C=O) groups is 1. The third-order valence-electron chi connectivity index (χ3n) is 3.44. The van der Waals surface area contributed by atoms with E-state index in [0.29, 0.717) is 12.2 Å². The number of rotatable bonds is 14. The number of unbranched alkanes of at least 4 members (excludes halogenated alkanes) is 9. The maximum absolute atomic E-state index is 11.4. The molecule has 0 atom stereocenters. The summed E-state index contributed by atoms with van der Waals surface area (Å²) < 4.78 is 0. The first-order valence-corrected chi connectivity index (χ1v) is 7.93. The van der Waals surface area contributed by atoms with Crippen LogP contribution in [0.25, 0.3) is 0 Å². The first-order chi connectivity index (χ1) is 8.81. The van der Waals surface area contributed by atoms with Gasteiger partial charge < -0.3 is 0 Å². The van der Waals surface area contributed by atoms with E-state index in [1.165, 1.54) is 57.8 Å². The predicted octanol–water partition coefficient (Wildman–Crippen LogP) is 5.83. The molecule has 0 aromatic rings. The average Bonchev–Trinajstić information content (AvgIpc) is 2.38. The van der Waals surface area contributed by atoms with Crippen LogP contribution in [-0.2, 0) is 4.79 Å². The van der Waals surface area contributed by atoms with Crippen molar-refractivity contribution in [1.82, 2.24) is 0 Å². The Morgan fingerprint density at radius 2 is 1.33 bits per heavy atom. The zero-order valence-electron chi connectivity index (χ0n) is 12.4. The Bertz CT molecular complexity index is 196. The lowest BCUT2D eigenvalue weighted by molar-refractivity contribution is -0.119. The lowest BCUT2D eigenvalue weighted by atomic mass is 10.0. The van der Waals surface area contributed by atoms with Crippen molar-refractivity contribution < 1.29 is 4.79 Å². The van der Waals surface area contributed by atoms with E-state index in [1.54, 1.807) is 0 Å². The molecule has 106 valence electrons. The van der Waals surface area contributed by atoms with Crippen molar-refractivity contribution >= 4 is 5.78 Å². The molecule has 0 fully saturated rings. The minimum Gasteiger partial charge on any atom is -0.300 e. The standard InChI is InChI=1S/C17H32O/c1-3-5-7-8-9-10-11-12-13-14-16-17(18)15-6-4-2/h4H,2-3,5-16H2,1H3. The van der Waals surface area contributed by atoms with Gasteiger partial charge in [0, 0.05) is 12.8 Å². The molecule has 0 aliphatic rings. The highest BCUT2D eigenvalue weighted by molar-refractivity contribution is 5.78. The van der Waals surface area contributed by atoms with Crippen LogP contribution in [0.5, 0.6) is 0 Å². The third-order valence-corrected chi connectivity index (χ3v) is 3.44. The van der Waals surface area contributed by atoms with Crippen LogP contribution in [-0.4, -0.2) is 5.78 Å². The largest absolute Gasteiger partial charge is 0.300 e. The molecular formula is C17H32O. The second kappa shape index (κ2) is 14.5. The summed E-state index contributed by atoms with van der Waals surface area (Å²) >= 11 is 0. The highest BCUT2D eigenvalue weighted by atomic mass is 16.1. The number of ketones is 1. The number of hydrogen-bond acceptors (Lipinski definition) is 1. The fourth-order valence-corrected chi connectivity index (χ4v) is 2.20. The number of allylic oxidation sites excluding steroid dienone is 1. The summed E-state index contributed by atoms with van der Waals surface area (Å²) in [6.45, 7) is 5.90. The van der Waals surface area contributed by atoms with Crippen LogP contribution in [0, 0.1) is 0 Å². The summed E-state index contributed by atoms with van der Waals surface area (Å²) in [5.41, 5.74) is 0. The van der Waals surface area contributed by atoms with Gasteiger partial charge in [-0.05, 0) is 12.8 Å². The average molecular weight is 252 g/mol. The van der Waals surface area contributed by atoms with Gasteiger partial charge in [0.2, 0.25) is 0 Å². The van der Waals surface area contributed by atoms with Crippen molar-refractivity contribution in [3.05, 3.63) is 12.7 Å². The van der Waals surface area contributed by atoms with E-state index < -0.39 is 0 Å². The molecular weight excluding hydrogens is 220 g/mol. The number of Topliss-reactive ketones (excluding diaryl/α,β-unsaturated/α-hetero) is 1. The molecule has 0 aromatic carbocycles. The summed E-state index contributed by atoms with van der Waals surface area (Å²) in [5, 5.41) is 0. The van der Waals surface area contributed by atoms with Gasteiger partial charge in [0.15, 0.2) is 0 Å². The van der Waals surface area contributed by atoms with Crippen molar-refractivity contribution in [2.75, 3.05) is 0 Å². The lowest BCUT2D eigenvalue weighted by Crippen LogP contribution is -1.96. The van der Waals surface area contributed by atoms with Gasteiger partial charge in [-0.15, -0.1) is 6.58 Å². The van der Waals surface area contributed by atoms with Gasteiger partial charge in [0.1, 0.15) is 5.78 Å². The first kappa shape index (κ1) is 17.4. The van der Waals surface area contributed by atoms with Crippen LogP contribution in [0.3, 0.4) is 0 Å². The summed E-state index contributed by atoms with van der Waals surface area (Å²) in [4.78, 5) is 11.4. The smallest absolute Gasteiger partial charge is 0.133 e. The Hall–Kier alpha value is -0.590. The van der Waals surface area contributed by atoms with E-state index in [-0.39, 0.29) is 0 Å². The summed E-state index contributed by atoms with van der Waals surface area (Å²) in [6.07, 6.45) is 17.5. The fourth-order valence-electron chi connectivity index (χ4n) is 2.20. The second-order valence-electron chi connectivity index (χ2n) is 5.30. The summed E-state index contributed by atoms with van der Waals surface area (Å²) in [5.74, 6) is 0.412. The Morgan fingerprint density at radius 1 is 0.833 bits per heavy atom. The number of carbonyl (C=O) groups excluding carboxylic acids is 1. The highest BCUT2D eigenvalue weighted by Crippen LogP contribution is 2.11. The highest BCUT2D eigenvalue weighted by Gasteiger charge is 2.00. The van der Waals surface area contributed by atoms with Crippen LogP contribution in [0.15, 0.2) is 12.7 Å². The van der Waals surface area contributed by atoms with Gasteiger partial charge in [-0.1, -0.05) is 70.8 Å². The van der Waals surface area contributed by atoms with Gasteiger partial charge in [0.05, 0.1) is 0 Å². The molecule has 0 unspecified atom stereocenters. The minimum absolute atomic E-state index is 0.412. The van der Waals surface area contributed by atoms with Crippen LogP contribution < -0.4 is 0 Å². The van der Waals surface area contributed by atoms with Crippen LogP contribution >= 0.6 is 0 Å². The van der Waals surface area contributed by atoms with E-state index in [9.17, 15) is 4.79 Å². The molecule has 0 N–H and O–H groups in total. The quantitative estimate of drug-likeness (QED) is 0.281. The molecule has 0 aliphatic carbocycles. The van der Waals surface area contributed by atoms with Crippen molar-refractivity contribution in [1.29, 1.82) is 0 Å². The molecule has 0 saturated carbocycles. The Morgan fingerprint density at radius 3 is 1.83 bits per heavy atom. The molecule has 1 heteroatoms. The fraction of sp³-hybridized carbons (Fsp3) is 0.824. The van der Waals surface area contributed by atoms with E-state index in [4.69, 9.17) is 0 Å². The van der Waals surface area contributed by atoms with Crippen molar-refractivity contribution in [3.8, 4) is 0 Å². The van der Waals surface area contributed by atoms with Gasteiger partial charge in [-0.2, -0.15) is 0 Å². The molecule has 1 nitrogen and oxygen atoms in total. The van der Waals surface area contributed by atoms with E-state index in [0.717, 1.165) is 19.3 Å². The maximum atomic E-state index is 11.4. The van der Waals surface area contributed by atoms with Crippen LogP contribution in [0.1, 0.15) is 90.4 Å². The van der Waals surface area contributed by atoms with Gasteiger partial charge >= 0.3 is 0 Å². The van der Waals surface area contributed by atoms with Crippen molar-refractivity contribution in [2.45, 2.75) is 90.4 Å². The number of hydrogen-bond donors (Lipinski definition) is 0. The lowest BCUT2D eigenvalue weighted by Gasteiger charge is -2.02. The van der Waals surface area contributed by atoms with Gasteiger partial charge in [-0.25, -0.2) is 0 Å². The Kier molecular flexibility index (Phi) is 14.0. The summed E-state index contributed by atoms with van der Waals surface area (Å²) in [6, 6.07) is 0. The summed E-state index contributed by atoms with van der Waals surface area (Å²) in [7, 11) is 0. The molecule has 0 rings (SSSR count). The van der Waals surface area contributed by atoms with Crippen molar-refractivity contribution in [3.63, 3.8) is 0 Å². The molecule has 0 saturated heterocycles. The van der Waals surface area contributed by atoms with E-state index in [2.05, 4.69) is 13.5 Å². The molecule has 18 heavy (non-hydrogen) atoms. The molecule has 0 amide bonds. The Labute approximate surface area is 114 Å². The topological polar surface area (TPSA) is 17.1 Å². The molecule has 0 bridgehead atoms.